The summed E-state index contributed by atoms with van der Waals surface area (Å²) >= 11 is 0. The van der Waals surface area contributed by atoms with Crippen molar-refractivity contribution >= 4 is 23.4 Å². The van der Waals surface area contributed by atoms with Crippen LogP contribution in [-0.4, -0.2) is 28.2 Å². The van der Waals surface area contributed by atoms with Gasteiger partial charge in [0.2, 0.25) is 0 Å². The van der Waals surface area contributed by atoms with Crippen LogP contribution in [0.5, 0.6) is 11.5 Å². The zero-order chi connectivity index (χ0) is 14.9. The number of aromatic hydroxyl groups is 2. The highest BCUT2D eigenvalue weighted by Gasteiger charge is 2.18. The Hall–Kier alpha value is -1.72. The number of rotatable bonds is 4. The second-order valence-electron chi connectivity index (χ2n) is 4.81. The van der Waals surface area contributed by atoms with Crippen molar-refractivity contribution in [2.24, 2.45) is 0 Å². The third kappa shape index (κ3) is 3.31. The molecule has 1 aromatic carbocycles. The van der Waals surface area contributed by atoms with E-state index < -0.39 is 5.63 Å². The van der Waals surface area contributed by atoms with Crippen molar-refractivity contribution < 1.29 is 14.6 Å². The summed E-state index contributed by atoms with van der Waals surface area (Å²) in [6, 6.07) is 2.80. The van der Waals surface area contributed by atoms with E-state index >= 15 is 0 Å². The maximum Gasteiger partial charge on any atom is 0.336 e. The maximum atomic E-state index is 11.6. The molecule has 21 heavy (non-hydrogen) atoms. The summed E-state index contributed by atoms with van der Waals surface area (Å²) in [4.78, 5) is 13.6. The SMILES string of the molecule is CCN(CC)Cc1c(O)c(O)cc2c(C)cc(=O)oc12.Cl. The first-order valence-electron chi connectivity index (χ1n) is 6.68. The third-order valence-electron chi connectivity index (χ3n) is 3.57. The fourth-order valence-electron chi connectivity index (χ4n) is 2.31. The fraction of sp³-hybridized carbons (Fsp3) is 0.400. The Morgan fingerprint density at radius 2 is 1.81 bits per heavy atom. The van der Waals surface area contributed by atoms with Crippen LogP contribution in [-0.2, 0) is 6.54 Å². The van der Waals surface area contributed by atoms with E-state index in [1.54, 1.807) is 6.92 Å². The zero-order valence-corrected chi connectivity index (χ0v) is 13.2. The molecule has 1 aromatic heterocycles. The highest BCUT2D eigenvalue weighted by molar-refractivity contribution is 5.87. The fourth-order valence-corrected chi connectivity index (χ4v) is 2.31. The predicted molar refractivity (Wildman–Crippen MR) is 84.4 cm³/mol. The molecule has 0 amide bonds. The van der Waals surface area contributed by atoms with Gasteiger partial charge in [0.15, 0.2) is 11.5 Å². The zero-order valence-electron chi connectivity index (χ0n) is 12.3. The van der Waals surface area contributed by atoms with Crippen molar-refractivity contribution in [1.29, 1.82) is 0 Å². The molecule has 0 radical (unpaired) electrons. The van der Waals surface area contributed by atoms with Gasteiger partial charge in [-0.2, -0.15) is 0 Å². The van der Waals surface area contributed by atoms with Crippen LogP contribution in [0.2, 0.25) is 0 Å². The van der Waals surface area contributed by atoms with E-state index in [9.17, 15) is 15.0 Å². The first kappa shape index (κ1) is 17.3. The van der Waals surface area contributed by atoms with Crippen molar-refractivity contribution in [2.75, 3.05) is 13.1 Å². The van der Waals surface area contributed by atoms with E-state index in [1.165, 1.54) is 12.1 Å². The van der Waals surface area contributed by atoms with E-state index in [0.29, 0.717) is 28.6 Å². The highest BCUT2D eigenvalue weighted by Crippen LogP contribution is 2.37. The van der Waals surface area contributed by atoms with Gasteiger partial charge in [-0.25, -0.2) is 4.79 Å². The molecule has 0 saturated heterocycles. The molecule has 6 heteroatoms. The van der Waals surface area contributed by atoms with Gasteiger partial charge < -0.3 is 14.6 Å². The Bertz CT molecular complexity index is 692. The molecule has 116 valence electrons. The van der Waals surface area contributed by atoms with Crippen molar-refractivity contribution in [3.05, 3.63) is 33.7 Å². The molecule has 5 nitrogen and oxygen atoms in total. The minimum atomic E-state index is -0.458. The van der Waals surface area contributed by atoms with E-state index in [1.807, 2.05) is 13.8 Å². The molecule has 0 saturated carbocycles. The van der Waals surface area contributed by atoms with Crippen LogP contribution in [0.25, 0.3) is 11.0 Å². The number of fused-ring (bicyclic) bond motifs is 1. The van der Waals surface area contributed by atoms with Gasteiger partial charge >= 0.3 is 5.63 Å². The second kappa shape index (κ2) is 6.83. The first-order valence-corrected chi connectivity index (χ1v) is 6.68. The van der Waals surface area contributed by atoms with E-state index in [2.05, 4.69) is 4.90 Å². The quantitative estimate of drug-likeness (QED) is 0.670. The number of nitrogens with zero attached hydrogens (tertiary/aromatic N) is 1. The number of hydrogen-bond acceptors (Lipinski definition) is 5. The van der Waals surface area contributed by atoms with Crippen molar-refractivity contribution in [3.63, 3.8) is 0 Å². The summed E-state index contributed by atoms with van der Waals surface area (Å²) in [7, 11) is 0. The Kier molecular flexibility index (Phi) is 5.63. The third-order valence-corrected chi connectivity index (χ3v) is 3.57. The number of halogens is 1. The number of aryl methyl sites for hydroxylation is 1. The molecule has 0 aliphatic rings. The van der Waals surface area contributed by atoms with Crippen molar-refractivity contribution in [3.8, 4) is 11.5 Å². The minimum absolute atomic E-state index is 0. The van der Waals surface area contributed by atoms with Gasteiger partial charge in [-0.05, 0) is 31.6 Å². The lowest BCUT2D eigenvalue weighted by Crippen LogP contribution is -2.22. The lowest BCUT2D eigenvalue weighted by atomic mass is 10.0. The van der Waals surface area contributed by atoms with Gasteiger partial charge in [0, 0.05) is 18.0 Å². The maximum absolute atomic E-state index is 11.6. The molecule has 0 fully saturated rings. The van der Waals surface area contributed by atoms with Crippen LogP contribution in [0, 0.1) is 6.92 Å². The van der Waals surface area contributed by atoms with E-state index in [-0.39, 0.29) is 23.9 Å². The number of phenols is 2. The average Bonchev–Trinajstić information content (AvgIpc) is 2.41. The summed E-state index contributed by atoms with van der Waals surface area (Å²) < 4.78 is 5.25. The number of phenolic OH excluding ortho intramolecular Hbond substituents is 2. The molecule has 0 aliphatic carbocycles. The average molecular weight is 314 g/mol. The Morgan fingerprint density at radius 1 is 1.19 bits per heavy atom. The van der Waals surface area contributed by atoms with E-state index in [4.69, 9.17) is 4.42 Å². The van der Waals surface area contributed by atoms with Gasteiger partial charge in [-0.15, -0.1) is 12.4 Å². The van der Waals surface area contributed by atoms with Gasteiger partial charge in [0.05, 0.1) is 5.56 Å². The monoisotopic (exact) mass is 313 g/mol. The molecule has 0 aliphatic heterocycles. The number of hydrogen-bond donors (Lipinski definition) is 2. The molecular formula is C15H20ClNO4. The van der Waals surface area contributed by atoms with E-state index in [0.717, 1.165) is 13.1 Å². The Balaban J connectivity index is 0.00000220. The smallest absolute Gasteiger partial charge is 0.336 e. The molecule has 0 spiro atoms. The molecule has 0 atom stereocenters. The minimum Gasteiger partial charge on any atom is -0.504 e. The van der Waals surface area contributed by atoms with Gasteiger partial charge in [0.1, 0.15) is 5.58 Å². The Labute approximate surface area is 129 Å². The van der Waals surface area contributed by atoms with Gasteiger partial charge in [0.25, 0.3) is 0 Å². The van der Waals surface area contributed by atoms with Crippen LogP contribution >= 0.6 is 12.4 Å². The standard InChI is InChI=1S/C15H19NO4.ClH/c1-4-16(5-2)8-11-14(19)12(17)7-10-9(3)6-13(18)20-15(10)11;/h6-7,17,19H,4-5,8H2,1-3H3;1H. The molecular weight excluding hydrogens is 294 g/mol. The summed E-state index contributed by atoms with van der Waals surface area (Å²) in [5, 5.41) is 20.6. The van der Waals surface area contributed by atoms with Crippen LogP contribution in [0.1, 0.15) is 25.0 Å². The first-order chi connectivity index (χ1) is 9.47. The van der Waals surface area contributed by atoms with Crippen molar-refractivity contribution in [1.82, 2.24) is 4.90 Å². The lowest BCUT2D eigenvalue weighted by molar-refractivity contribution is 0.288. The molecule has 0 bridgehead atoms. The van der Waals surface area contributed by atoms with Crippen LogP contribution in [0.15, 0.2) is 21.3 Å². The molecule has 2 rings (SSSR count). The van der Waals surface area contributed by atoms with Gasteiger partial charge in [-0.1, -0.05) is 13.8 Å². The van der Waals surface area contributed by atoms with Crippen LogP contribution in [0.4, 0.5) is 0 Å². The topological polar surface area (TPSA) is 73.9 Å². The normalized spacial score (nSPS) is 10.9. The van der Waals surface area contributed by atoms with Crippen molar-refractivity contribution in [2.45, 2.75) is 27.3 Å². The predicted octanol–water partition coefficient (Wildman–Crippen LogP) is 2.78. The van der Waals surface area contributed by atoms with Crippen LogP contribution in [0.3, 0.4) is 0 Å². The Morgan fingerprint density at radius 3 is 2.38 bits per heavy atom. The lowest BCUT2D eigenvalue weighted by Gasteiger charge is -2.20. The summed E-state index contributed by atoms with van der Waals surface area (Å²) in [5.74, 6) is -0.422. The summed E-state index contributed by atoms with van der Waals surface area (Å²) in [5.41, 5.74) is 1.05. The number of benzene rings is 1. The summed E-state index contributed by atoms with van der Waals surface area (Å²) in [6.07, 6.45) is 0. The molecule has 0 unspecified atom stereocenters. The highest BCUT2D eigenvalue weighted by atomic mass is 35.5. The second-order valence-corrected chi connectivity index (χ2v) is 4.81. The summed E-state index contributed by atoms with van der Waals surface area (Å²) in [6.45, 7) is 7.79. The molecule has 1 heterocycles. The van der Waals surface area contributed by atoms with Gasteiger partial charge in [-0.3, -0.25) is 4.90 Å². The van der Waals surface area contributed by atoms with Crippen LogP contribution < -0.4 is 5.63 Å². The molecule has 2 N–H and O–H groups in total. The molecule has 2 aromatic rings. The largest absolute Gasteiger partial charge is 0.504 e.